The lowest BCUT2D eigenvalue weighted by atomic mass is 10.0. The molecule has 28 heavy (non-hydrogen) atoms. The molecule has 0 radical (unpaired) electrons. The van der Waals surface area contributed by atoms with Crippen LogP contribution in [0.4, 0.5) is 5.69 Å². The lowest BCUT2D eigenvalue weighted by Crippen LogP contribution is -2.40. The number of nitrogens with two attached hydrogens (primary N) is 1. The number of aryl methyl sites for hydroxylation is 2. The summed E-state index contributed by atoms with van der Waals surface area (Å²) in [5, 5.41) is 3.92. The summed E-state index contributed by atoms with van der Waals surface area (Å²) in [6.45, 7) is 7.95. The van der Waals surface area contributed by atoms with Crippen LogP contribution in [0.2, 0.25) is 5.02 Å². The highest BCUT2D eigenvalue weighted by molar-refractivity contribution is 14.0. The van der Waals surface area contributed by atoms with Gasteiger partial charge in [-0.25, -0.2) is 0 Å². The molecule has 1 aliphatic heterocycles. The van der Waals surface area contributed by atoms with Crippen molar-refractivity contribution in [2.45, 2.75) is 19.9 Å². The fourth-order valence-corrected chi connectivity index (χ4v) is 3.42. The number of hydrogen-bond donors (Lipinski definition) is 2. The number of nitrogens with zero attached hydrogens (tertiary/aromatic N) is 2. The molecule has 5 nitrogen and oxygen atoms in total. The number of morpholine rings is 1. The molecule has 0 bridgehead atoms. The summed E-state index contributed by atoms with van der Waals surface area (Å²) in [7, 11) is 0. The molecule has 1 fully saturated rings. The number of ether oxygens (including phenoxy) is 1. The van der Waals surface area contributed by atoms with Crippen molar-refractivity contribution < 1.29 is 4.74 Å². The maximum absolute atomic E-state index is 6.21. The molecule has 2 aromatic carbocycles. The van der Waals surface area contributed by atoms with Crippen LogP contribution in [0.1, 0.15) is 22.7 Å². The number of aliphatic imine (C=N–C) groups is 1. The van der Waals surface area contributed by atoms with Gasteiger partial charge in [-0.15, -0.1) is 24.0 Å². The minimum Gasteiger partial charge on any atom is -0.379 e. The SMILES string of the molecule is Cc1ccc(NC(N)=NCC(c2cccc(Cl)c2)N2CCOCC2)cc1C.I. The van der Waals surface area contributed by atoms with Gasteiger partial charge in [0.2, 0.25) is 0 Å². The zero-order valence-corrected chi connectivity index (χ0v) is 19.4. The predicted molar refractivity (Wildman–Crippen MR) is 128 cm³/mol. The summed E-state index contributed by atoms with van der Waals surface area (Å²) >= 11 is 6.21. The maximum Gasteiger partial charge on any atom is 0.193 e. The van der Waals surface area contributed by atoms with Gasteiger partial charge in [0.25, 0.3) is 0 Å². The van der Waals surface area contributed by atoms with Gasteiger partial charge in [0, 0.05) is 23.8 Å². The fourth-order valence-electron chi connectivity index (χ4n) is 3.23. The summed E-state index contributed by atoms with van der Waals surface area (Å²) in [4.78, 5) is 6.99. The van der Waals surface area contributed by atoms with Gasteiger partial charge in [-0.1, -0.05) is 29.8 Å². The van der Waals surface area contributed by atoms with Gasteiger partial charge >= 0.3 is 0 Å². The van der Waals surface area contributed by atoms with Crippen LogP contribution < -0.4 is 11.1 Å². The second-order valence-electron chi connectivity index (χ2n) is 6.87. The van der Waals surface area contributed by atoms with Crippen molar-refractivity contribution in [2.75, 3.05) is 38.2 Å². The molecule has 0 saturated carbocycles. The molecule has 0 spiro atoms. The Morgan fingerprint density at radius 3 is 2.61 bits per heavy atom. The molecule has 1 heterocycles. The van der Waals surface area contributed by atoms with Crippen molar-refractivity contribution in [3.05, 3.63) is 64.2 Å². The molecule has 1 unspecified atom stereocenters. The Labute approximate surface area is 189 Å². The Hall–Kier alpha value is -1.35. The van der Waals surface area contributed by atoms with E-state index < -0.39 is 0 Å². The van der Waals surface area contributed by atoms with E-state index in [9.17, 15) is 0 Å². The quantitative estimate of drug-likeness (QED) is 0.353. The predicted octanol–water partition coefficient (Wildman–Crippen LogP) is 4.37. The van der Waals surface area contributed by atoms with E-state index in [1.54, 1.807) is 0 Å². The number of hydrogen-bond acceptors (Lipinski definition) is 3. The molecule has 3 N–H and O–H groups in total. The second kappa shape index (κ2) is 11.0. The van der Waals surface area contributed by atoms with Gasteiger partial charge in [0.1, 0.15) is 0 Å². The second-order valence-corrected chi connectivity index (χ2v) is 7.31. The van der Waals surface area contributed by atoms with Crippen molar-refractivity contribution in [1.29, 1.82) is 0 Å². The third-order valence-corrected chi connectivity index (χ3v) is 5.17. The number of anilines is 1. The highest BCUT2D eigenvalue weighted by atomic mass is 127. The molecule has 2 aromatic rings. The Balaban J connectivity index is 0.00000280. The monoisotopic (exact) mass is 514 g/mol. The van der Waals surface area contributed by atoms with Crippen molar-refractivity contribution in [3.63, 3.8) is 0 Å². The van der Waals surface area contributed by atoms with Crippen LogP contribution in [-0.2, 0) is 4.74 Å². The van der Waals surface area contributed by atoms with Gasteiger partial charge in [0.15, 0.2) is 5.96 Å². The van der Waals surface area contributed by atoms with E-state index in [1.807, 2.05) is 24.3 Å². The van der Waals surface area contributed by atoms with E-state index in [-0.39, 0.29) is 30.0 Å². The third-order valence-electron chi connectivity index (χ3n) is 4.93. The van der Waals surface area contributed by atoms with E-state index >= 15 is 0 Å². The molecule has 1 saturated heterocycles. The highest BCUT2D eigenvalue weighted by Crippen LogP contribution is 2.25. The molecular formula is C21H28ClIN4O. The van der Waals surface area contributed by atoms with E-state index in [4.69, 9.17) is 22.1 Å². The zero-order valence-electron chi connectivity index (χ0n) is 16.3. The smallest absolute Gasteiger partial charge is 0.193 e. The number of benzene rings is 2. The molecule has 0 aromatic heterocycles. The number of guanidine groups is 1. The minimum absolute atomic E-state index is 0. The molecule has 7 heteroatoms. The average Bonchev–Trinajstić information content (AvgIpc) is 2.66. The van der Waals surface area contributed by atoms with Crippen LogP contribution in [0.5, 0.6) is 0 Å². The summed E-state index contributed by atoms with van der Waals surface area (Å²) < 4.78 is 5.49. The van der Waals surface area contributed by atoms with Crippen molar-refractivity contribution in [2.24, 2.45) is 10.7 Å². The maximum atomic E-state index is 6.21. The van der Waals surface area contributed by atoms with Gasteiger partial charge in [-0.2, -0.15) is 0 Å². The number of nitrogens with one attached hydrogen (secondary N) is 1. The first-order valence-electron chi connectivity index (χ1n) is 9.24. The Morgan fingerprint density at radius 1 is 1.18 bits per heavy atom. The Morgan fingerprint density at radius 2 is 1.93 bits per heavy atom. The van der Waals surface area contributed by atoms with Crippen LogP contribution >= 0.6 is 35.6 Å². The molecule has 1 atom stereocenters. The minimum atomic E-state index is 0. The van der Waals surface area contributed by atoms with E-state index in [1.165, 1.54) is 11.1 Å². The van der Waals surface area contributed by atoms with Crippen LogP contribution in [0.15, 0.2) is 47.5 Å². The molecule has 3 rings (SSSR count). The molecular weight excluding hydrogens is 487 g/mol. The van der Waals surface area contributed by atoms with E-state index in [0.29, 0.717) is 12.5 Å². The average molecular weight is 515 g/mol. The van der Waals surface area contributed by atoms with Crippen molar-refractivity contribution >= 4 is 47.2 Å². The fraction of sp³-hybridized carbons (Fsp3) is 0.381. The van der Waals surface area contributed by atoms with Gasteiger partial charge in [-0.3, -0.25) is 9.89 Å². The molecule has 0 amide bonds. The first kappa shape index (κ1) is 22.9. The van der Waals surface area contributed by atoms with Gasteiger partial charge in [-0.05, 0) is 54.8 Å². The zero-order chi connectivity index (χ0) is 19.2. The van der Waals surface area contributed by atoms with Crippen LogP contribution in [0.25, 0.3) is 0 Å². The third kappa shape index (κ3) is 6.34. The standard InChI is InChI=1S/C21H27ClN4O.HI/c1-15-6-7-19(12-16(15)2)25-21(23)24-14-20(26-8-10-27-11-9-26)17-4-3-5-18(22)13-17;/h3-7,12-13,20H,8-11,14H2,1-2H3,(H3,23,24,25);1H. The normalized spacial score (nSPS) is 16.3. The van der Waals surface area contributed by atoms with E-state index in [0.717, 1.165) is 42.6 Å². The van der Waals surface area contributed by atoms with Gasteiger partial charge < -0.3 is 15.8 Å². The lowest BCUT2D eigenvalue weighted by molar-refractivity contribution is 0.0180. The van der Waals surface area contributed by atoms with E-state index in [2.05, 4.69) is 47.3 Å². The molecule has 1 aliphatic rings. The number of halogens is 2. The topological polar surface area (TPSA) is 62.9 Å². The summed E-state index contributed by atoms with van der Waals surface area (Å²) in [6, 6.07) is 14.3. The van der Waals surface area contributed by atoms with Crippen LogP contribution in [0.3, 0.4) is 0 Å². The summed E-state index contributed by atoms with van der Waals surface area (Å²) in [6.07, 6.45) is 0. The van der Waals surface area contributed by atoms with Crippen molar-refractivity contribution in [3.8, 4) is 0 Å². The summed E-state index contributed by atoms with van der Waals surface area (Å²) in [5.41, 5.74) is 10.7. The Bertz CT molecular complexity index is 809. The van der Waals surface area contributed by atoms with Gasteiger partial charge in [0.05, 0.1) is 25.8 Å². The highest BCUT2D eigenvalue weighted by Gasteiger charge is 2.22. The van der Waals surface area contributed by atoms with Crippen molar-refractivity contribution in [1.82, 2.24) is 4.90 Å². The summed E-state index contributed by atoms with van der Waals surface area (Å²) in [5.74, 6) is 0.415. The largest absolute Gasteiger partial charge is 0.379 e. The molecule has 0 aliphatic carbocycles. The first-order chi connectivity index (χ1) is 13.0. The van der Waals surface area contributed by atoms with Crippen LogP contribution in [-0.4, -0.2) is 43.7 Å². The Kier molecular flexibility index (Phi) is 9.01. The number of rotatable bonds is 5. The lowest BCUT2D eigenvalue weighted by Gasteiger charge is -2.34. The molecule has 152 valence electrons. The first-order valence-corrected chi connectivity index (χ1v) is 9.62. The van der Waals surface area contributed by atoms with Crippen LogP contribution in [0, 0.1) is 13.8 Å².